The molecule has 1 aliphatic heterocycles. The summed E-state index contributed by atoms with van der Waals surface area (Å²) in [7, 11) is 0. The lowest BCUT2D eigenvalue weighted by molar-refractivity contribution is -0.192. The third-order valence-electron chi connectivity index (χ3n) is 4.08. The number of hydrogen-bond donors (Lipinski definition) is 3. The van der Waals surface area contributed by atoms with E-state index in [-0.39, 0.29) is 6.61 Å². The van der Waals surface area contributed by atoms with E-state index in [4.69, 9.17) is 14.6 Å². The minimum Gasteiger partial charge on any atom is -0.475 e. The molecule has 7 nitrogen and oxygen atoms in total. The van der Waals surface area contributed by atoms with E-state index in [1.165, 1.54) is 0 Å². The molecule has 1 heterocycles. The van der Waals surface area contributed by atoms with Gasteiger partial charge in [-0.05, 0) is 35.7 Å². The number of carbonyl (C=O) groups is 2. The van der Waals surface area contributed by atoms with E-state index in [0.717, 1.165) is 36.2 Å². The third kappa shape index (κ3) is 6.49. The van der Waals surface area contributed by atoms with Gasteiger partial charge in [-0.1, -0.05) is 36.4 Å². The first-order chi connectivity index (χ1) is 14.2. The normalized spacial score (nSPS) is 12.5. The van der Waals surface area contributed by atoms with Crippen molar-refractivity contribution in [3.63, 3.8) is 0 Å². The molecule has 0 fully saturated rings. The monoisotopic (exact) mass is 421 g/mol. The zero-order valence-electron chi connectivity index (χ0n) is 15.6. The zero-order valence-corrected chi connectivity index (χ0v) is 15.6. The van der Waals surface area contributed by atoms with E-state index in [2.05, 4.69) is 16.7 Å². The average molecular weight is 421 g/mol. The molecular formula is C20H18F3N3O4. The summed E-state index contributed by atoms with van der Waals surface area (Å²) in [6.45, 7) is 1.79. The van der Waals surface area contributed by atoms with Gasteiger partial charge in [0.05, 0.1) is 11.3 Å². The number of hydrogen-bond acceptors (Lipinski definition) is 5. The van der Waals surface area contributed by atoms with Gasteiger partial charge in [-0.15, -0.1) is 0 Å². The van der Waals surface area contributed by atoms with Crippen molar-refractivity contribution in [3.8, 4) is 6.07 Å². The van der Waals surface area contributed by atoms with Crippen LogP contribution in [-0.4, -0.2) is 29.9 Å². The summed E-state index contributed by atoms with van der Waals surface area (Å²) < 4.78 is 36.9. The van der Waals surface area contributed by atoms with Gasteiger partial charge >= 0.3 is 18.2 Å². The van der Waals surface area contributed by atoms with Crippen LogP contribution in [0.4, 0.5) is 23.7 Å². The van der Waals surface area contributed by atoms with E-state index in [9.17, 15) is 23.2 Å². The Labute approximate surface area is 170 Å². The maximum absolute atomic E-state index is 12.0. The second-order valence-corrected chi connectivity index (χ2v) is 6.15. The number of nitrogens with one attached hydrogen (secondary N) is 2. The smallest absolute Gasteiger partial charge is 0.475 e. The van der Waals surface area contributed by atoms with Crippen molar-refractivity contribution in [2.75, 3.05) is 11.9 Å². The summed E-state index contributed by atoms with van der Waals surface area (Å²) in [6.07, 6.45) is -4.86. The van der Waals surface area contributed by atoms with Crippen LogP contribution < -0.4 is 10.6 Å². The molecule has 3 rings (SSSR count). The lowest BCUT2D eigenvalue weighted by Gasteiger charge is -2.20. The number of rotatable bonds is 3. The molecule has 1 amide bonds. The maximum Gasteiger partial charge on any atom is 0.490 e. The van der Waals surface area contributed by atoms with Gasteiger partial charge in [0.2, 0.25) is 0 Å². The van der Waals surface area contributed by atoms with Gasteiger partial charge in [0.1, 0.15) is 12.7 Å². The Morgan fingerprint density at radius 2 is 1.87 bits per heavy atom. The van der Waals surface area contributed by atoms with Crippen molar-refractivity contribution in [3.05, 3.63) is 64.7 Å². The Hall–Kier alpha value is -3.58. The number of alkyl halides is 3. The highest BCUT2D eigenvalue weighted by Gasteiger charge is 2.38. The first-order valence-corrected chi connectivity index (χ1v) is 8.75. The number of nitrogens with zero attached hydrogens (tertiary/aromatic N) is 1. The third-order valence-corrected chi connectivity index (χ3v) is 4.08. The molecule has 10 heteroatoms. The molecule has 0 atom stereocenters. The quantitative estimate of drug-likeness (QED) is 0.699. The standard InChI is InChI=1S/C18H17N3O2.C2HF3O2/c19-10-16-15-8-9-20-11-14(15)6-7-17(16)21-18(22)23-12-13-4-2-1-3-5-13;3-2(4,5)1(6)7/h1-7,20H,8-9,11-12H2,(H,21,22);(H,6,7). The van der Waals surface area contributed by atoms with Crippen LogP contribution in [0, 0.1) is 11.3 Å². The van der Waals surface area contributed by atoms with E-state index in [0.29, 0.717) is 11.3 Å². The Morgan fingerprint density at radius 3 is 2.47 bits per heavy atom. The first kappa shape index (κ1) is 22.7. The molecule has 0 unspecified atom stereocenters. The first-order valence-electron chi connectivity index (χ1n) is 8.75. The number of anilines is 1. The maximum atomic E-state index is 12.0. The number of carboxylic acid groups (broad SMARTS) is 1. The average Bonchev–Trinajstić information content (AvgIpc) is 2.72. The van der Waals surface area contributed by atoms with E-state index in [1.807, 2.05) is 36.4 Å². The summed E-state index contributed by atoms with van der Waals surface area (Å²) in [4.78, 5) is 20.9. The summed E-state index contributed by atoms with van der Waals surface area (Å²) >= 11 is 0. The number of ether oxygens (including phenoxy) is 1. The van der Waals surface area contributed by atoms with Gasteiger partial charge in [0, 0.05) is 6.54 Å². The van der Waals surface area contributed by atoms with Crippen LogP contribution in [0.25, 0.3) is 0 Å². The van der Waals surface area contributed by atoms with Gasteiger partial charge in [-0.2, -0.15) is 18.4 Å². The number of nitriles is 1. The number of halogens is 3. The second kappa shape index (κ2) is 10.3. The van der Waals surface area contributed by atoms with Gasteiger partial charge in [0.25, 0.3) is 0 Å². The number of aliphatic carboxylic acids is 1. The largest absolute Gasteiger partial charge is 0.490 e. The predicted molar refractivity (Wildman–Crippen MR) is 101 cm³/mol. The molecule has 1 aliphatic rings. The second-order valence-electron chi connectivity index (χ2n) is 6.15. The number of carbonyl (C=O) groups excluding carboxylic acids is 1. The van der Waals surface area contributed by atoms with Crippen molar-refractivity contribution in [2.24, 2.45) is 0 Å². The molecule has 0 aromatic heterocycles. The lowest BCUT2D eigenvalue weighted by Crippen LogP contribution is -2.25. The molecule has 158 valence electrons. The van der Waals surface area contributed by atoms with Crippen LogP contribution in [0.2, 0.25) is 0 Å². The highest BCUT2D eigenvalue weighted by Crippen LogP contribution is 2.25. The Morgan fingerprint density at radius 1 is 1.20 bits per heavy atom. The van der Waals surface area contributed by atoms with Crippen molar-refractivity contribution in [1.82, 2.24) is 5.32 Å². The Bertz CT molecular complexity index is 941. The summed E-state index contributed by atoms with van der Waals surface area (Å²) in [5.41, 5.74) is 4.06. The van der Waals surface area contributed by atoms with Gasteiger partial charge in [-0.3, -0.25) is 5.32 Å². The highest BCUT2D eigenvalue weighted by atomic mass is 19.4. The van der Waals surface area contributed by atoms with Crippen molar-refractivity contribution >= 4 is 17.7 Å². The molecular weight excluding hydrogens is 403 g/mol. The minimum atomic E-state index is -5.08. The van der Waals surface area contributed by atoms with Crippen LogP contribution in [0.1, 0.15) is 22.3 Å². The minimum absolute atomic E-state index is 0.198. The van der Waals surface area contributed by atoms with Gasteiger partial charge < -0.3 is 15.2 Å². The van der Waals surface area contributed by atoms with Crippen LogP contribution in [0.5, 0.6) is 0 Å². The number of fused-ring (bicyclic) bond motifs is 1. The molecule has 2 aromatic carbocycles. The molecule has 0 spiro atoms. The van der Waals surface area contributed by atoms with E-state index < -0.39 is 18.2 Å². The summed E-state index contributed by atoms with van der Waals surface area (Å²) in [6, 6.07) is 15.4. The van der Waals surface area contributed by atoms with Crippen LogP contribution in [-0.2, 0) is 29.1 Å². The molecule has 0 radical (unpaired) electrons. The molecule has 0 saturated heterocycles. The Kier molecular flexibility index (Phi) is 7.77. The molecule has 0 aliphatic carbocycles. The molecule has 0 bridgehead atoms. The fourth-order valence-electron chi connectivity index (χ4n) is 2.68. The van der Waals surface area contributed by atoms with Crippen molar-refractivity contribution in [1.29, 1.82) is 5.26 Å². The molecule has 0 saturated carbocycles. The summed E-state index contributed by atoms with van der Waals surface area (Å²) in [5.74, 6) is -2.76. The highest BCUT2D eigenvalue weighted by molar-refractivity contribution is 5.87. The topological polar surface area (TPSA) is 111 Å². The van der Waals surface area contributed by atoms with Gasteiger partial charge in [0.15, 0.2) is 0 Å². The van der Waals surface area contributed by atoms with E-state index in [1.54, 1.807) is 6.07 Å². The van der Waals surface area contributed by atoms with Gasteiger partial charge in [-0.25, -0.2) is 9.59 Å². The Balaban J connectivity index is 0.000000396. The van der Waals surface area contributed by atoms with Crippen LogP contribution >= 0.6 is 0 Å². The van der Waals surface area contributed by atoms with Crippen molar-refractivity contribution < 1.29 is 32.6 Å². The number of carboxylic acids is 1. The zero-order chi connectivity index (χ0) is 22.1. The predicted octanol–water partition coefficient (Wildman–Crippen LogP) is 3.59. The number of amides is 1. The molecule has 2 aromatic rings. The molecule has 3 N–H and O–H groups in total. The fourth-order valence-corrected chi connectivity index (χ4v) is 2.68. The molecule has 30 heavy (non-hydrogen) atoms. The SMILES string of the molecule is N#Cc1c(NC(=O)OCc2ccccc2)ccc2c1CCNC2.O=C(O)C(F)(F)F. The lowest BCUT2D eigenvalue weighted by atomic mass is 9.94. The van der Waals surface area contributed by atoms with Crippen LogP contribution in [0.3, 0.4) is 0 Å². The fraction of sp³-hybridized carbons (Fsp3) is 0.250. The van der Waals surface area contributed by atoms with Crippen LogP contribution in [0.15, 0.2) is 42.5 Å². The number of benzene rings is 2. The van der Waals surface area contributed by atoms with E-state index >= 15 is 0 Å². The summed E-state index contributed by atoms with van der Waals surface area (Å²) in [5, 5.41) is 22.5. The van der Waals surface area contributed by atoms with Crippen molar-refractivity contribution in [2.45, 2.75) is 25.7 Å².